The minimum atomic E-state index is -4.08. The molecule has 0 aromatic heterocycles. The van der Waals surface area contributed by atoms with Crippen LogP contribution in [-0.4, -0.2) is 85.2 Å². The molecule has 14 heteroatoms. The fraction of sp³-hybridized carbons (Fsp3) is 0.450. The highest BCUT2D eigenvalue weighted by Gasteiger charge is 2.66. The summed E-state index contributed by atoms with van der Waals surface area (Å²) < 4.78 is 55.5. The first-order chi connectivity index (χ1) is 25.7. The van der Waals surface area contributed by atoms with E-state index in [1.165, 1.54) is 4.90 Å². The lowest BCUT2D eigenvalue weighted by atomic mass is 9.85. The van der Waals surface area contributed by atoms with Crippen LogP contribution in [0.1, 0.15) is 63.1 Å². The van der Waals surface area contributed by atoms with Gasteiger partial charge in [0.25, 0.3) is 5.91 Å². The van der Waals surface area contributed by atoms with E-state index in [0.29, 0.717) is 31.5 Å². The molecule has 0 radical (unpaired) electrons. The second-order valence-electron chi connectivity index (χ2n) is 15.8. The van der Waals surface area contributed by atoms with Crippen LogP contribution in [0, 0.1) is 11.3 Å². The lowest BCUT2D eigenvalue weighted by Gasteiger charge is -2.36. The molecule has 3 N–H and O–H groups in total. The first-order valence-corrected chi connectivity index (χ1v) is 19.9. The number of amides is 3. The summed E-state index contributed by atoms with van der Waals surface area (Å²) >= 11 is 0. The molecule has 11 nitrogen and oxygen atoms in total. The van der Waals surface area contributed by atoms with Crippen molar-refractivity contribution in [2.75, 3.05) is 13.1 Å². The highest BCUT2D eigenvalue weighted by atomic mass is 32.2. The quantitative estimate of drug-likeness (QED) is 0.171. The zero-order valence-electron chi connectivity index (χ0n) is 30.4. The van der Waals surface area contributed by atoms with Crippen molar-refractivity contribution in [3.8, 4) is 11.1 Å². The van der Waals surface area contributed by atoms with E-state index in [0.717, 1.165) is 27.8 Å². The predicted octanol–water partition coefficient (Wildman–Crippen LogP) is 4.40. The van der Waals surface area contributed by atoms with Crippen molar-refractivity contribution in [3.05, 3.63) is 95.6 Å². The summed E-state index contributed by atoms with van der Waals surface area (Å²) in [6.45, 7) is 6.13. The van der Waals surface area contributed by atoms with Gasteiger partial charge in [0, 0.05) is 17.5 Å². The third-order valence-corrected chi connectivity index (χ3v) is 12.6. The van der Waals surface area contributed by atoms with Gasteiger partial charge in [-0.1, -0.05) is 105 Å². The van der Waals surface area contributed by atoms with Gasteiger partial charge in [0.15, 0.2) is 0 Å². The van der Waals surface area contributed by atoms with Crippen LogP contribution in [0.3, 0.4) is 0 Å². The van der Waals surface area contributed by atoms with Gasteiger partial charge in [0.05, 0.1) is 23.8 Å². The summed E-state index contributed by atoms with van der Waals surface area (Å²) in [5, 5.41) is 9.66. The Labute approximate surface area is 313 Å². The number of hydrogen-bond acceptors (Lipinski definition) is 8. The zero-order valence-corrected chi connectivity index (χ0v) is 31.2. The van der Waals surface area contributed by atoms with Gasteiger partial charge in [-0.3, -0.25) is 19.1 Å². The fourth-order valence-electron chi connectivity index (χ4n) is 7.56. The van der Waals surface area contributed by atoms with Crippen molar-refractivity contribution in [1.82, 2.24) is 20.3 Å². The number of hydrogen-bond donors (Lipinski definition) is 3. The van der Waals surface area contributed by atoms with Crippen molar-refractivity contribution < 1.29 is 36.4 Å². The van der Waals surface area contributed by atoms with E-state index in [4.69, 9.17) is 4.84 Å². The van der Waals surface area contributed by atoms with Gasteiger partial charge < -0.3 is 20.4 Å². The third-order valence-electron chi connectivity index (χ3n) is 10.8. The summed E-state index contributed by atoms with van der Waals surface area (Å²) in [5.41, 5.74) is 2.66. The minimum Gasteiger partial charge on any atom is -0.390 e. The molecule has 5 atom stereocenters. The monoisotopic (exact) mass is 761 g/mol. The first kappa shape index (κ1) is 37.6. The molecule has 3 fully saturated rings. The number of oxime groups is 1. The van der Waals surface area contributed by atoms with Gasteiger partial charge in [-0.05, 0) is 54.3 Å². The van der Waals surface area contributed by atoms with Crippen LogP contribution >= 0.6 is 0 Å². The molecule has 4 aliphatic rings. The number of rotatable bonds is 13. The van der Waals surface area contributed by atoms with E-state index in [1.807, 2.05) is 104 Å². The molecule has 7 rings (SSSR count). The Hall–Kier alpha value is -4.69. The van der Waals surface area contributed by atoms with Crippen molar-refractivity contribution in [2.45, 2.75) is 88.3 Å². The highest BCUT2D eigenvalue weighted by molar-refractivity contribution is 7.91. The lowest BCUT2D eigenvalue weighted by molar-refractivity contribution is -0.143. The van der Waals surface area contributed by atoms with Gasteiger partial charge in [0.1, 0.15) is 23.4 Å². The van der Waals surface area contributed by atoms with Crippen molar-refractivity contribution in [2.24, 2.45) is 16.5 Å². The molecule has 1 saturated heterocycles. The maximum atomic E-state index is 14.6. The molecule has 3 aromatic carbocycles. The maximum Gasteiger partial charge on any atom is 0.259 e. The maximum absolute atomic E-state index is 14.6. The standard InChI is InChI=1S/C40H45F2N5O6S/c1-39(2,3)34(43-20-19-24-11-5-4-6-12-24)37(49)47-23-25(53-45-33-29-15-9-7-13-27(29)28-14-8-10-16-30(28)33)21-32(47)36(48)44-40(22-31(40)35(41)42)38(50)46-54(51,52)26-17-18-26/h4-16,25-26,31-32,34-35,43H,17-23H2,1-3H3,(H,44,48)(H,46,50)/t25-,31+,32+,34-,40+/m1/s1. The Morgan fingerprint density at radius 1 is 0.926 bits per heavy atom. The molecule has 2 saturated carbocycles. The van der Waals surface area contributed by atoms with Crippen LogP contribution in [0.15, 0.2) is 84.0 Å². The number of carbonyl (C=O) groups is 3. The topological polar surface area (TPSA) is 146 Å². The smallest absolute Gasteiger partial charge is 0.259 e. The summed E-state index contributed by atoms with van der Waals surface area (Å²) in [5.74, 6) is -4.04. The number of nitrogens with one attached hydrogen (secondary N) is 3. The number of likely N-dealkylation sites (tertiary alicyclic amines) is 1. The largest absolute Gasteiger partial charge is 0.390 e. The van der Waals surface area contributed by atoms with Gasteiger partial charge in [-0.25, -0.2) is 17.2 Å². The third kappa shape index (κ3) is 7.50. The number of alkyl halides is 2. The van der Waals surface area contributed by atoms with Crippen LogP contribution in [0.5, 0.6) is 0 Å². The number of benzene rings is 3. The Kier molecular flexibility index (Phi) is 10.1. The van der Waals surface area contributed by atoms with E-state index < -0.39 is 80.9 Å². The molecule has 1 aliphatic heterocycles. The normalized spacial score (nSPS) is 23.7. The van der Waals surface area contributed by atoms with E-state index in [-0.39, 0.29) is 13.0 Å². The van der Waals surface area contributed by atoms with Gasteiger partial charge in [0.2, 0.25) is 28.3 Å². The number of fused-ring (bicyclic) bond motifs is 3. The van der Waals surface area contributed by atoms with Gasteiger partial charge in [-0.15, -0.1) is 0 Å². The molecular weight excluding hydrogens is 717 g/mol. The van der Waals surface area contributed by atoms with Crippen LogP contribution in [-0.2, 0) is 35.7 Å². The number of nitrogens with zero attached hydrogens (tertiary/aromatic N) is 2. The average Bonchev–Trinajstić information content (AvgIpc) is 4.05. The first-order valence-electron chi connectivity index (χ1n) is 18.4. The minimum absolute atomic E-state index is 0.0442. The molecule has 1 heterocycles. The summed E-state index contributed by atoms with van der Waals surface area (Å²) in [6, 6.07) is 23.4. The molecule has 54 heavy (non-hydrogen) atoms. The Morgan fingerprint density at radius 2 is 1.52 bits per heavy atom. The molecular formula is C40H45F2N5O6S. The highest BCUT2D eigenvalue weighted by Crippen LogP contribution is 2.48. The molecule has 3 aliphatic carbocycles. The molecule has 3 amide bonds. The molecule has 0 bridgehead atoms. The Morgan fingerprint density at radius 3 is 2.07 bits per heavy atom. The summed E-state index contributed by atoms with van der Waals surface area (Å²) in [4.78, 5) is 49.6. The van der Waals surface area contributed by atoms with E-state index in [1.54, 1.807) is 0 Å². The second-order valence-corrected chi connectivity index (χ2v) is 17.7. The van der Waals surface area contributed by atoms with Crippen LogP contribution in [0.4, 0.5) is 8.78 Å². The van der Waals surface area contributed by atoms with Crippen LogP contribution < -0.4 is 15.4 Å². The van der Waals surface area contributed by atoms with Crippen LogP contribution in [0.2, 0.25) is 0 Å². The van der Waals surface area contributed by atoms with E-state index >= 15 is 0 Å². The van der Waals surface area contributed by atoms with E-state index in [2.05, 4.69) is 15.8 Å². The number of carbonyl (C=O) groups excluding carboxylic acids is 3. The number of halogens is 2. The Balaban J connectivity index is 1.16. The molecule has 0 unspecified atom stereocenters. The number of sulfonamides is 1. The molecule has 3 aromatic rings. The summed E-state index contributed by atoms with van der Waals surface area (Å²) in [6.07, 6.45) is -2.90. The van der Waals surface area contributed by atoms with Crippen molar-refractivity contribution in [3.63, 3.8) is 0 Å². The molecule has 286 valence electrons. The van der Waals surface area contributed by atoms with Crippen molar-refractivity contribution >= 4 is 33.5 Å². The zero-order chi connectivity index (χ0) is 38.4. The van der Waals surface area contributed by atoms with Gasteiger partial charge >= 0.3 is 0 Å². The average molecular weight is 762 g/mol. The SMILES string of the molecule is CC(C)(C)[C@H](NCCc1ccccc1)C(=O)N1C[C@H](ON=C2c3ccccc3-c3ccccc32)C[C@H]1C(=O)N[C@@]1(C(=O)NS(=O)(=O)C2CC2)C[C@H]1C(F)F. The summed E-state index contributed by atoms with van der Waals surface area (Å²) in [7, 11) is -4.08. The fourth-order valence-corrected chi connectivity index (χ4v) is 8.92. The lowest BCUT2D eigenvalue weighted by Crippen LogP contribution is -2.60. The van der Waals surface area contributed by atoms with Crippen molar-refractivity contribution in [1.29, 1.82) is 0 Å². The predicted molar refractivity (Wildman–Crippen MR) is 199 cm³/mol. The van der Waals surface area contributed by atoms with Gasteiger partial charge in [-0.2, -0.15) is 0 Å². The Bertz CT molecular complexity index is 2020. The second kappa shape index (κ2) is 14.5. The molecule has 0 spiro atoms. The van der Waals surface area contributed by atoms with Crippen LogP contribution in [0.25, 0.3) is 11.1 Å². The van der Waals surface area contributed by atoms with E-state index in [9.17, 15) is 31.6 Å².